The van der Waals surface area contributed by atoms with Gasteiger partial charge in [-0.2, -0.15) is 4.67 Å². The maximum absolute atomic E-state index is 11.3. The molecule has 9 nitrogen and oxygen atoms in total. The van der Waals surface area contributed by atoms with Crippen molar-refractivity contribution in [1.29, 1.82) is 0 Å². The molecule has 0 saturated carbocycles. The largest absolute Gasteiger partial charge is 0.372 e. The molecule has 0 bridgehead atoms. The molecule has 0 fully saturated rings. The van der Waals surface area contributed by atoms with Crippen LogP contribution in [0.2, 0.25) is 0 Å². The Balaban J connectivity index is 4.33. The summed E-state index contributed by atoms with van der Waals surface area (Å²) in [7, 11) is 2.16. The van der Waals surface area contributed by atoms with Crippen molar-refractivity contribution in [2.75, 3.05) is 47.8 Å². The summed E-state index contributed by atoms with van der Waals surface area (Å²) in [6, 6.07) is 0. The standard InChI is InChI=1S/C10H26N2O7P2/c1-11(7-5-9-12(2,3)4)8-6-10(13,20-19-18-14)21(15,16)17/h13,20H,5-9H2,1-4H3,(H2-,14,15,16,17)/p+1. The van der Waals surface area contributed by atoms with Crippen LogP contribution in [0, 0.1) is 0 Å². The molecule has 2 atom stereocenters. The van der Waals surface area contributed by atoms with Gasteiger partial charge in [0.05, 0.1) is 27.7 Å². The van der Waals surface area contributed by atoms with Crippen molar-refractivity contribution in [2.24, 2.45) is 0 Å². The smallest absolute Gasteiger partial charge is 0.363 e. The topological polar surface area (TPSA) is 120 Å². The first-order valence-electron chi connectivity index (χ1n) is 6.42. The summed E-state index contributed by atoms with van der Waals surface area (Å²) in [5, 5.41) is 19.0. The Kier molecular flexibility index (Phi) is 8.98. The van der Waals surface area contributed by atoms with Crippen molar-refractivity contribution >= 4 is 16.4 Å². The third kappa shape index (κ3) is 9.15. The first-order chi connectivity index (χ1) is 9.41. The third-order valence-electron chi connectivity index (χ3n) is 2.94. The lowest BCUT2D eigenvalue weighted by molar-refractivity contribution is -0.870. The fourth-order valence-corrected chi connectivity index (χ4v) is 2.98. The second-order valence-corrected chi connectivity index (χ2v) is 9.49. The molecule has 0 aromatic carbocycles. The van der Waals surface area contributed by atoms with Crippen molar-refractivity contribution in [2.45, 2.75) is 17.9 Å². The van der Waals surface area contributed by atoms with Gasteiger partial charge < -0.3 is 24.3 Å². The van der Waals surface area contributed by atoms with Gasteiger partial charge in [-0.05, 0) is 7.05 Å². The van der Waals surface area contributed by atoms with Gasteiger partial charge in [-0.25, -0.2) is 5.26 Å². The summed E-state index contributed by atoms with van der Waals surface area (Å²) >= 11 is 0. The molecule has 0 saturated heterocycles. The summed E-state index contributed by atoms with van der Waals surface area (Å²) in [4.78, 5) is 20.3. The van der Waals surface area contributed by atoms with Crippen molar-refractivity contribution in [3.8, 4) is 0 Å². The number of hydrogen-bond donors (Lipinski definition) is 4. The normalized spacial score (nSPS) is 16.8. The molecule has 0 radical (unpaired) electrons. The lowest BCUT2D eigenvalue weighted by atomic mass is 10.3. The van der Waals surface area contributed by atoms with Crippen LogP contribution in [-0.2, 0) is 14.3 Å². The molecule has 11 heteroatoms. The Hall–Kier alpha value is 0.340. The van der Waals surface area contributed by atoms with E-state index in [1.165, 1.54) is 0 Å². The van der Waals surface area contributed by atoms with E-state index in [0.29, 0.717) is 0 Å². The molecule has 0 aliphatic heterocycles. The van der Waals surface area contributed by atoms with Gasteiger partial charge in [-0.3, -0.25) is 4.57 Å². The van der Waals surface area contributed by atoms with E-state index >= 15 is 0 Å². The van der Waals surface area contributed by atoms with Crippen LogP contribution >= 0.6 is 16.4 Å². The average molecular weight is 349 g/mol. The van der Waals surface area contributed by atoms with Crippen molar-refractivity contribution in [1.82, 2.24) is 4.90 Å². The molecule has 0 aliphatic carbocycles. The highest BCUT2D eigenvalue weighted by Crippen LogP contribution is 2.60. The predicted molar refractivity (Wildman–Crippen MR) is 79.7 cm³/mol. The van der Waals surface area contributed by atoms with Crippen molar-refractivity contribution < 1.29 is 38.9 Å². The SMILES string of the molecule is CN(CCC[N+](C)(C)C)CCC(O)(POOO)P(=O)(O)O. The minimum absolute atomic E-state index is 0.194. The fraction of sp³-hybridized carbons (Fsp3) is 1.00. The highest BCUT2D eigenvalue weighted by molar-refractivity contribution is 7.64. The van der Waals surface area contributed by atoms with Gasteiger partial charge in [0.2, 0.25) is 5.08 Å². The minimum Gasteiger partial charge on any atom is -0.372 e. The predicted octanol–water partition coefficient (Wildman–Crippen LogP) is 0.243. The molecule has 2 unspecified atom stereocenters. The summed E-state index contributed by atoms with van der Waals surface area (Å²) in [5.74, 6) is 0. The molecular formula is C10H27N2O7P2+. The zero-order valence-corrected chi connectivity index (χ0v) is 14.8. The lowest BCUT2D eigenvalue weighted by Crippen LogP contribution is -2.37. The van der Waals surface area contributed by atoms with Crippen molar-refractivity contribution in [3.63, 3.8) is 0 Å². The molecular weight excluding hydrogens is 322 g/mol. The zero-order valence-electron chi connectivity index (χ0n) is 12.9. The van der Waals surface area contributed by atoms with Gasteiger partial charge >= 0.3 is 7.60 Å². The molecule has 0 aliphatic rings. The highest BCUT2D eigenvalue weighted by atomic mass is 31.2. The van der Waals surface area contributed by atoms with Gasteiger partial charge in [0.25, 0.3) is 0 Å². The van der Waals surface area contributed by atoms with Crippen LogP contribution in [0.15, 0.2) is 0 Å². The monoisotopic (exact) mass is 349 g/mol. The lowest BCUT2D eigenvalue weighted by Gasteiger charge is -2.29. The number of aliphatic hydroxyl groups is 1. The van der Waals surface area contributed by atoms with Gasteiger partial charge in [0.1, 0.15) is 8.81 Å². The van der Waals surface area contributed by atoms with Gasteiger partial charge in [0, 0.05) is 25.9 Å². The van der Waals surface area contributed by atoms with E-state index < -0.39 is 21.5 Å². The van der Waals surface area contributed by atoms with Gasteiger partial charge in [-0.15, -0.1) is 0 Å². The maximum Gasteiger partial charge on any atom is 0.363 e. The van der Waals surface area contributed by atoms with Crippen LogP contribution < -0.4 is 0 Å². The molecule has 0 heterocycles. The van der Waals surface area contributed by atoms with Crippen LogP contribution in [0.25, 0.3) is 0 Å². The first-order valence-corrected chi connectivity index (χ1v) is 8.94. The second kappa shape index (κ2) is 8.84. The Bertz CT molecular complexity index is 347. The zero-order chi connectivity index (χ0) is 16.7. The number of hydrogen-bond acceptors (Lipinski definition) is 6. The van der Waals surface area contributed by atoms with E-state index in [9.17, 15) is 19.5 Å². The number of nitrogens with zero attached hydrogens (tertiary/aromatic N) is 2. The van der Waals surface area contributed by atoms with Crippen LogP contribution in [0.1, 0.15) is 12.8 Å². The second-order valence-electron chi connectivity index (χ2n) is 6.04. The Morgan fingerprint density at radius 3 is 2.29 bits per heavy atom. The molecule has 128 valence electrons. The van der Waals surface area contributed by atoms with Gasteiger partial charge in [0.15, 0.2) is 0 Å². The Morgan fingerprint density at radius 1 is 1.29 bits per heavy atom. The van der Waals surface area contributed by atoms with Crippen LogP contribution in [0.4, 0.5) is 0 Å². The Labute approximate surface area is 126 Å². The number of quaternary nitrogens is 1. The summed E-state index contributed by atoms with van der Waals surface area (Å²) in [6.45, 7) is 1.99. The molecule has 0 amide bonds. The molecule has 21 heavy (non-hydrogen) atoms. The van der Waals surface area contributed by atoms with E-state index in [4.69, 9.17) is 5.26 Å². The molecule has 0 aromatic heterocycles. The van der Waals surface area contributed by atoms with E-state index in [1.54, 1.807) is 0 Å². The fourth-order valence-electron chi connectivity index (χ4n) is 1.62. The maximum atomic E-state index is 11.3. The molecule has 4 N–H and O–H groups in total. The van der Waals surface area contributed by atoms with E-state index in [0.717, 1.165) is 24.0 Å². The summed E-state index contributed by atoms with van der Waals surface area (Å²) < 4.78 is 16.3. The average Bonchev–Trinajstić information content (AvgIpc) is 2.31. The highest BCUT2D eigenvalue weighted by Gasteiger charge is 2.46. The van der Waals surface area contributed by atoms with Crippen LogP contribution in [-0.4, -0.2) is 82.4 Å². The number of rotatable bonds is 11. The first kappa shape index (κ1) is 21.3. The van der Waals surface area contributed by atoms with E-state index in [1.807, 2.05) is 11.9 Å². The van der Waals surface area contributed by atoms with E-state index in [-0.39, 0.29) is 13.0 Å². The van der Waals surface area contributed by atoms with Crippen LogP contribution in [0.5, 0.6) is 0 Å². The molecule has 0 spiro atoms. The van der Waals surface area contributed by atoms with Crippen LogP contribution in [0.3, 0.4) is 0 Å². The summed E-state index contributed by atoms with van der Waals surface area (Å²) in [6.07, 6.45) is 0.729. The van der Waals surface area contributed by atoms with Crippen molar-refractivity contribution in [3.05, 3.63) is 0 Å². The molecule has 0 aromatic rings. The Morgan fingerprint density at radius 2 is 1.86 bits per heavy atom. The third-order valence-corrected chi connectivity index (χ3v) is 6.01. The van der Waals surface area contributed by atoms with Gasteiger partial charge in [-0.1, -0.05) is 5.04 Å². The van der Waals surface area contributed by atoms with E-state index in [2.05, 4.69) is 30.9 Å². The quantitative estimate of drug-likeness (QED) is 0.181. The minimum atomic E-state index is -4.80. The molecule has 0 rings (SSSR count). The summed E-state index contributed by atoms with van der Waals surface area (Å²) in [5.41, 5.74) is 0.